The molecule has 31 heavy (non-hydrogen) atoms. The molecule has 0 aliphatic carbocycles. The third-order valence-electron chi connectivity index (χ3n) is 5.13. The Morgan fingerprint density at radius 2 is 1.77 bits per heavy atom. The highest BCUT2D eigenvalue weighted by Gasteiger charge is 2.26. The number of amides is 2. The minimum Gasteiger partial charge on any atom is -0.508 e. The number of benzene rings is 1. The van der Waals surface area contributed by atoms with Gasteiger partial charge in [0.1, 0.15) is 5.75 Å². The summed E-state index contributed by atoms with van der Waals surface area (Å²) in [6, 6.07) is 10.1. The molecule has 1 aromatic carbocycles. The van der Waals surface area contributed by atoms with E-state index in [0.717, 1.165) is 5.56 Å². The van der Waals surface area contributed by atoms with Crippen molar-refractivity contribution in [3.63, 3.8) is 0 Å². The van der Waals surface area contributed by atoms with Crippen molar-refractivity contribution in [3.05, 3.63) is 48.4 Å². The molecule has 0 bridgehead atoms. The van der Waals surface area contributed by atoms with Crippen LogP contribution in [0.1, 0.15) is 17.5 Å². The van der Waals surface area contributed by atoms with Gasteiger partial charge in [-0.15, -0.1) is 10.2 Å². The van der Waals surface area contributed by atoms with Crippen LogP contribution < -0.4 is 0 Å². The van der Waals surface area contributed by atoms with Gasteiger partial charge < -0.3 is 23.9 Å². The molecule has 9 nitrogen and oxygen atoms in total. The van der Waals surface area contributed by atoms with Crippen LogP contribution in [0.4, 0.5) is 0 Å². The number of hydrogen-bond donors (Lipinski definition) is 1. The number of aromatic nitrogens is 3. The van der Waals surface area contributed by atoms with Crippen LogP contribution in [0.5, 0.6) is 5.75 Å². The third-order valence-corrected chi connectivity index (χ3v) is 6.09. The van der Waals surface area contributed by atoms with Crippen LogP contribution in [0.25, 0.3) is 11.4 Å². The lowest BCUT2D eigenvalue weighted by Gasteiger charge is -2.34. The van der Waals surface area contributed by atoms with Crippen molar-refractivity contribution in [1.82, 2.24) is 24.6 Å². The Labute approximate surface area is 183 Å². The first-order valence-corrected chi connectivity index (χ1v) is 11.0. The van der Waals surface area contributed by atoms with Gasteiger partial charge in [-0.1, -0.05) is 11.8 Å². The lowest BCUT2D eigenvalue weighted by Crippen LogP contribution is -2.51. The molecule has 162 valence electrons. The number of carbonyl (C=O) groups is 2. The summed E-state index contributed by atoms with van der Waals surface area (Å²) in [6.07, 6.45) is 1.48. The van der Waals surface area contributed by atoms with Crippen LogP contribution >= 0.6 is 11.8 Å². The van der Waals surface area contributed by atoms with Crippen LogP contribution in [0.15, 0.2) is 52.2 Å². The number of piperazine rings is 1. The molecule has 1 fully saturated rings. The predicted molar refractivity (Wildman–Crippen MR) is 115 cm³/mol. The number of phenolic OH excluding ortho intramolecular Hbond substituents is 1. The van der Waals surface area contributed by atoms with E-state index < -0.39 is 0 Å². The van der Waals surface area contributed by atoms with Gasteiger partial charge in [-0.25, -0.2) is 0 Å². The van der Waals surface area contributed by atoms with Gasteiger partial charge in [0.05, 0.1) is 12.0 Å². The molecule has 3 aromatic rings. The zero-order chi connectivity index (χ0) is 21.8. The van der Waals surface area contributed by atoms with Gasteiger partial charge in [-0.3, -0.25) is 9.59 Å². The van der Waals surface area contributed by atoms with Crippen LogP contribution in [0.3, 0.4) is 0 Å². The Morgan fingerprint density at radius 1 is 1.06 bits per heavy atom. The second-order valence-corrected chi connectivity index (χ2v) is 7.98. The van der Waals surface area contributed by atoms with E-state index in [1.165, 1.54) is 18.0 Å². The SMILES string of the molecule is CCn1c(SCC(=O)N2CCN(C(=O)c3ccco3)CC2)nnc1-c1ccc(O)cc1. The standard InChI is InChI=1S/C21H23N5O4S/c1-2-26-19(15-5-7-16(27)8-6-15)22-23-21(26)31-14-18(28)24-9-11-25(12-10-24)20(29)17-4-3-13-30-17/h3-8,13,27H,2,9-12,14H2,1H3. The Hall–Kier alpha value is -3.27. The first kappa shape index (κ1) is 21.0. The molecule has 1 aliphatic rings. The number of aromatic hydroxyl groups is 1. The molecule has 0 spiro atoms. The summed E-state index contributed by atoms with van der Waals surface area (Å²) < 4.78 is 7.12. The molecule has 1 N–H and O–H groups in total. The lowest BCUT2D eigenvalue weighted by atomic mass is 10.2. The molecule has 2 aromatic heterocycles. The fourth-order valence-corrected chi connectivity index (χ4v) is 4.34. The van der Waals surface area contributed by atoms with E-state index in [0.29, 0.717) is 49.5 Å². The zero-order valence-electron chi connectivity index (χ0n) is 17.1. The van der Waals surface area contributed by atoms with E-state index in [2.05, 4.69) is 10.2 Å². The number of nitrogens with zero attached hydrogens (tertiary/aromatic N) is 5. The van der Waals surface area contributed by atoms with E-state index in [9.17, 15) is 14.7 Å². The minimum absolute atomic E-state index is 0.00642. The fraction of sp³-hybridized carbons (Fsp3) is 0.333. The number of phenols is 1. The second-order valence-electron chi connectivity index (χ2n) is 7.04. The third kappa shape index (κ3) is 4.58. The number of furan rings is 1. The number of rotatable bonds is 6. The molecule has 0 saturated carbocycles. The molecule has 1 aliphatic heterocycles. The van der Waals surface area contributed by atoms with E-state index in [4.69, 9.17) is 4.42 Å². The number of thioether (sulfide) groups is 1. The van der Waals surface area contributed by atoms with Gasteiger partial charge >= 0.3 is 0 Å². The quantitative estimate of drug-likeness (QED) is 0.586. The number of hydrogen-bond acceptors (Lipinski definition) is 7. The van der Waals surface area contributed by atoms with E-state index in [1.807, 2.05) is 11.5 Å². The summed E-state index contributed by atoms with van der Waals surface area (Å²) in [6.45, 7) is 4.59. The minimum atomic E-state index is -0.149. The average molecular weight is 442 g/mol. The summed E-state index contributed by atoms with van der Waals surface area (Å²) in [5, 5.41) is 18.7. The molecule has 10 heteroatoms. The van der Waals surface area contributed by atoms with Crippen molar-refractivity contribution in [2.45, 2.75) is 18.6 Å². The second kappa shape index (κ2) is 9.25. The molecule has 3 heterocycles. The maximum Gasteiger partial charge on any atom is 0.289 e. The lowest BCUT2D eigenvalue weighted by molar-refractivity contribution is -0.129. The Balaban J connectivity index is 1.33. The van der Waals surface area contributed by atoms with Gasteiger partial charge in [0.2, 0.25) is 5.91 Å². The molecule has 0 radical (unpaired) electrons. The van der Waals surface area contributed by atoms with Crippen molar-refractivity contribution in [1.29, 1.82) is 0 Å². The maximum absolute atomic E-state index is 12.7. The van der Waals surface area contributed by atoms with Crippen LogP contribution in [-0.2, 0) is 11.3 Å². The predicted octanol–water partition coefficient (Wildman–Crippen LogP) is 2.34. The molecule has 1 saturated heterocycles. The van der Waals surface area contributed by atoms with Crippen molar-refractivity contribution >= 4 is 23.6 Å². The maximum atomic E-state index is 12.7. The van der Waals surface area contributed by atoms with E-state index in [-0.39, 0.29) is 23.3 Å². The summed E-state index contributed by atoms with van der Waals surface area (Å²) in [4.78, 5) is 28.5. The molecule has 0 atom stereocenters. The molecular weight excluding hydrogens is 418 g/mol. The zero-order valence-corrected chi connectivity index (χ0v) is 17.9. The Bertz CT molecular complexity index is 1040. The molecule has 0 unspecified atom stereocenters. The van der Waals surface area contributed by atoms with Crippen molar-refractivity contribution in [3.8, 4) is 17.1 Å². The normalized spacial score (nSPS) is 14.1. The Morgan fingerprint density at radius 3 is 2.42 bits per heavy atom. The highest BCUT2D eigenvalue weighted by molar-refractivity contribution is 7.99. The van der Waals surface area contributed by atoms with Crippen LogP contribution in [-0.4, -0.2) is 73.4 Å². The van der Waals surface area contributed by atoms with Crippen molar-refractivity contribution < 1.29 is 19.1 Å². The Kier molecular flexibility index (Phi) is 6.26. The summed E-state index contributed by atoms with van der Waals surface area (Å²) in [5.74, 6) is 1.31. The van der Waals surface area contributed by atoms with Gasteiger partial charge in [0.15, 0.2) is 16.7 Å². The van der Waals surface area contributed by atoms with Gasteiger partial charge in [0, 0.05) is 38.3 Å². The average Bonchev–Trinajstić information content (AvgIpc) is 3.47. The molecule has 2 amide bonds. The van der Waals surface area contributed by atoms with Crippen molar-refractivity contribution in [2.24, 2.45) is 0 Å². The largest absolute Gasteiger partial charge is 0.508 e. The molecule has 4 rings (SSSR count). The van der Waals surface area contributed by atoms with Gasteiger partial charge in [-0.05, 0) is 43.3 Å². The summed E-state index contributed by atoms with van der Waals surface area (Å²) in [5.41, 5.74) is 0.850. The first-order valence-electron chi connectivity index (χ1n) is 10.0. The van der Waals surface area contributed by atoms with Crippen LogP contribution in [0.2, 0.25) is 0 Å². The summed E-state index contributed by atoms with van der Waals surface area (Å²) >= 11 is 1.35. The smallest absolute Gasteiger partial charge is 0.289 e. The fourth-order valence-electron chi connectivity index (χ4n) is 3.44. The summed E-state index contributed by atoms with van der Waals surface area (Å²) in [7, 11) is 0. The number of carbonyl (C=O) groups excluding carboxylic acids is 2. The van der Waals surface area contributed by atoms with E-state index >= 15 is 0 Å². The first-order chi connectivity index (χ1) is 15.1. The monoisotopic (exact) mass is 441 g/mol. The highest BCUT2D eigenvalue weighted by Crippen LogP contribution is 2.25. The van der Waals surface area contributed by atoms with Crippen molar-refractivity contribution in [2.75, 3.05) is 31.9 Å². The van der Waals surface area contributed by atoms with Gasteiger partial charge in [-0.2, -0.15) is 0 Å². The molecular formula is C21H23N5O4S. The highest BCUT2D eigenvalue weighted by atomic mass is 32.2. The van der Waals surface area contributed by atoms with Gasteiger partial charge in [0.25, 0.3) is 5.91 Å². The topological polar surface area (TPSA) is 105 Å². The van der Waals surface area contributed by atoms with E-state index in [1.54, 1.807) is 46.2 Å². The van der Waals surface area contributed by atoms with Crippen LogP contribution in [0, 0.1) is 0 Å².